The van der Waals surface area contributed by atoms with E-state index in [0.29, 0.717) is 28.5 Å². The van der Waals surface area contributed by atoms with Crippen LogP contribution in [-0.4, -0.2) is 103 Å². The summed E-state index contributed by atoms with van der Waals surface area (Å²) in [5, 5.41) is 33.5. The van der Waals surface area contributed by atoms with E-state index >= 15 is 0 Å². The SMILES string of the molecule is ClCCN1CCOCC1.O=[N+]([O-])c1ccc(O)c2ccccc12.O=[N+]([O-])c1ccc(OCCN2CCOCC2)c2ccccc12. The summed E-state index contributed by atoms with van der Waals surface area (Å²) in [6.07, 6.45) is 0. The summed E-state index contributed by atoms with van der Waals surface area (Å²) < 4.78 is 16.3. The van der Waals surface area contributed by atoms with E-state index in [1.807, 2.05) is 12.1 Å². The third-order valence-electron chi connectivity index (χ3n) is 7.41. The highest BCUT2D eigenvalue weighted by molar-refractivity contribution is 6.18. The van der Waals surface area contributed by atoms with Gasteiger partial charge in [-0.2, -0.15) is 0 Å². The summed E-state index contributed by atoms with van der Waals surface area (Å²) in [5.41, 5.74) is 0.120. The van der Waals surface area contributed by atoms with Crippen molar-refractivity contribution in [2.75, 3.05) is 78.2 Å². The molecule has 1 N–H and O–H groups in total. The van der Waals surface area contributed by atoms with Gasteiger partial charge in [0.2, 0.25) is 0 Å². The summed E-state index contributed by atoms with van der Waals surface area (Å²) in [7, 11) is 0. The summed E-state index contributed by atoms with van der Waals surface area (Å²) in [4.78, 5) is 25.5. The van der Waals surface area contributed by atoms with Gasteiger partial charge in [-0.3, -0.25) is 30.0 Å². The number of nitrogens with zero attached hydrogens (tertiary/aromatic N) is 4. The van der Waals surface area contributed by atoms with E-state index in [4.69, 9.17) is 25.8 Å². The molecule has 12 nitrogen and oxygen atoms in total. The maximum atomic E-state index is 11.1. The molecule has 45 heavy (non-hydrogen) atoms. The summed E-state index contributed by atoms with van der Waals surface area (Å²) >= 11 is 5.55. The standard InChI is InChI=1S/C16H18N2O4.C10H7NO3.C6H12ClNO/c19-18(20)15-5-6-16(14-4-2-1-3-13(14)15)22-12-9-17-7-10-21-11-8-17;12-10-6-5-9(11(13)14)7-3-1-2-4-8(7)10;7-1-2-8-3-5-9-6-4-8/h1-6H,7-12H2;1-6,12H;1-6H2. The van der Waals surface area contributed by atoms with E-state index in [1.165, 1.54) is 18.2 Å². The normalized spacial score (nSPS) is 15.4. The molecule has 2 aliphatic heterocycles. The molecule has 4 aromatic carbocycles. The Bertz CT molecular complexity index is 1560. The quantitative estimate of drug-likeness (QED) is 0.150. The van der Waals surface area contributed by atoms with Gasteiger partial charge in [0, 0.05) is 68.1 Å². The number of alkyl halides is 1. The number of morpholine rings is 2. The van der Waals surface area contributed by atoms with Gasteiger partial charge in [-0.05, 0) is 24.3 Å². The largest absolute Gasteiger partial charge is 0.507 e. The summed E-state index contributed by atoms with van der Waals surface area (Å²) in [6, 6.07) is 19.8. The van der Waals surface area contributed by atoms with Crippen molar-refractivity contribution in [3.05, 3.63) is 93.0 Å². The van der Waals surface area contributed by atoms with Gasteiger partial charge >= 0.3 is 0 Å². The molecular formula is C32H37ClN4O8. The Hall–Kier alpha value is -4.07. The molecule has 0 aliphatic carbocycles. The third-order valence-corrected chi connectivity index (χ3v) is 7.57. The molecule has 13 heteroatoms. The number of nitro groups is 2. The molecule has 0 aromatic heterocycles. The number of nitro benzene ring substituents is 2. The van der Waals surface area contributed by atoms with Crippen molar-refractivity contribution < 1.29 is 29.2 Å². The van der Waals surface area contributed by atoms with Gasteiger partial charge in [0.1, 0.15) is 18.1 Å². The topological polar surface area (TPSA) is 141 Å². The molecule has 0 unspecified atom stereocenters. The zero-order valence-corrected chi connectivity index (χ0v) is 25.6. The number of phenols is 1. The first kappa shape index (κ1) is 33.8. The lowest BCUT2D eigenvalue weighted by atomic mass is 10.1. The number of hydrogen-bond donors (Lipinski definition) is 1. The highest BCUT2D eigenvalue weighted by Gasteiger charge is 2.16. The van der Waals surface area contributed by atoms with Crippen LogP contribution in [0, 0.1) is 20.2 Å². The van der Waals surface area contributed by atoms with Crippen LogP contribution in [0.15, 0.2) is 72.8 Å². The molecule has 0 saturated carbocycles. The number of non-ortho nitro benzene ring substituents is 2. The number of fused-ring (bicyclic) bond motifs is 2. The van der Waals surface area contributed by atoms with Crippen LogP contribution in [0.4, 0.5) is 11.4 Å². The minimum Gasteiger partial charge on any atom is -0.507 e. The highest BCUT2D eigenvalue weighted by Crippen LogP contribution is 2.33. The first-order valence-electron chi connectivity index (χ1n) is 14.7. The van der Waals surface area contributed by atoms with Crippen molar-refractivity contribution in [1.82, 2.24) is 9.80 Å². The second-order valence-electron chi connectivity index (χ2n) is 10.2. The minimum absolute atomic E-state index is 0.0124. The van der Waals surface area contributed by atoms with Crippen molar-refractivity contribution in [1.29, 1.82) is 0 Å². The molecule has 0 bridgehead atoms. The van der Waals surface area contributed by atoms with E-state index in [2.05, 4.69) is 9.80 Å². The molecule has 0 spiro atoms. The van der Waals surface area contributed by atoms with Crippen LogP contribution < -0.4 is 4.74 Å². The Morgan fingerprint density at radius 2 is 1.16 bits per heavy atom. The molecule has 2 saturated heterocycles. The van der Waals surface area contributed by atoms with Crippen molar-refractivity contribution in [3.8, 4) is 11.5 Å². The first-order valence-corrected chi connectivity index (χ1v) is 15.2. The van der Waals surface area contributed by atoms with Gasteiger partial charge in [-0.25, -0.2) is 0 Å². The highest BCUT2D eigenvalue weighted by atomic mass is 35.5. The number of hydrogen-bond acceptors (Lipinski definition) is 10. The number of halogens is 1. The number of rotatable bonds is 8. The fourth-order valence-corrected chi connectivity index (χ4v) is 5.26. The van der Waals surface area contributed by atoms with Gasteiger partial charge < -0.3 is 19.3 Å². The lowest BCUT2D eigenvalue weighted by Crippen LogP contribution is -2.38. The van der Waals surface area contributed by atoms with Crippen LogP contribution in [0.1, 0.15) is 0 Å². The van der Waals surface area contributed by atoms with Crippen molar-refractivity contribution in [2.45, 2.75) is 0 Å². The maximum Gasteiger partial charge on any atom is 0.277 e. The number of phenolic OH excluding ortho intramolecular Hbond substituents is 1. The molecule has 6 rings (SSSR count). The lowest BCUT2D eigenvalue weighted by Gasteiger charge is -2.26. The molecular weight excluding hydrogens is 604 g/mol. The Labute approximate surface area is 265 Å². The monoisotopic (exact) mass is 640 g/mol. The second kappa shape index (κ2) is 17.4. The molecule has 240 valence electrons. The zero-order chi connectivity index (χ0) is 32.0. The Morgan fingerprint density at radius 1 is 0.689 bits per heavy atom. The average molecular weight is 641 g/mol. The van der Waals surface area contributed by atoms with Gasteiger partial charge in [0.25, 0.3) is 11.4 Å². The Kier molecular flexibility index (Phi) is 13.1. The van der Waals surface area contributed by atoms with Crippen molar-refractivity contribution >= 4 is 44.5 Å². The van der Waals surface area contributed by atoms with Gasteiger partial charge in [-0.1, -0.05) is 36.4 Å². The van der Waals surface area contributed by atoms with Crippen LogP contribution in [0.3, 0.4) is 0 Å². The second-order valence-corrected chi connectivity index (χ2v) is 10.6. The molecule has 2 heterocycles. The predicted octanol–water partition coefficient (Wildman–Crippen LogP) is 5.47. The maximum absolute atomic E-state index is 11.1. The van der Waals surface area contributed by atoms with Gasteiger partial charge in [0.15, 0.2) is 0 Å². The van der Waals surface area contributed by atoms with Crippen LogP contribution in [0.5, 0.6) is 11.5 Å². The summed E-state index contributed by atoms with van der Waals surface area (Å²) in [5.74, 6) is 1.49. The van der Waals surface area contributed by atoms with Crippen molar-refractivity contribution in [3.63, 3.8) is 0 Å². The number of aromatic hydroxyl groups is 1. The van der Waals surface area contributed by atoms with Gasteiger partial charge in [0.05, 0.1) is 47.0 Å². The fraction of sp³-hybridized carbons (Fsp3) is 0.375. The van der Waals surface area contributed by atoms with E-state index in [0.717, 1.165) is 77.0 Å². The molecule has 2 fully saturated rings. The van der Waals surface area contributed by atoms with Crippen LogP contribution in [0.25, 0.3) is 21.5 Å². The number of benzene rings is 4. The van der Waals surface area contributed by atoms with E-state index < -0.39 is 4.92 Å². The molecule has 4 aromatic rings. The average Bonchev–Trinajstić information content (AvgIpc) is 3.06. The third kappa shape index (κ3) is 9.71. The molecule has 0 amide bonds. The van der Waals surface area contributed by atoms with Crippen LogP contribution in [0.2, 0.25) is 0 Å². The molecule has 0 radical (unpaired) electrons. The number of ether oxygens (including phenoxy) is 3. The zero-order valence-electron chi connectivity index (χ0n) is 24.9. The van der Waals surface area contributed by atoms with Crippen molar-refractivity contribution in [2.24, 2.45) is 0 Å². The predicted molar refractivity (Wildman–Crippen MR) is 174 cm³/mol. The van der Waals surface area contributed by atoms with Gasteiger partial charge in [-0.15, -0.1) is 11.6 Å². The van der Waals surface area contributed by atoms with E-state index in [1.54, 1.807) is 42.5 Å². The van der Waals surface area contributed by atoms with E-state index in [9.17, 15) is 25.3 Å². The Balaban J connectivity index is 0.000000171. The van der Waals surface area contributed by atoms with Crippen LogP contribution >= 0.6 is 11.6 Å². The molecule has 0 atom stereocenters. The molecule has 2 aliphatic rings. The minimum atomic E-state index is -0.457. The lowest BCUT2D eigenvalue weighted by molar-refractivity contribution is -0.383. The first-order chi connectivity index (χ1) is 21.9. The smallest absolute Gasteiger partial charge is 0.277 e. The Morgan fingerprint density at radius 3 is 1.69 bits per heavy atom. The fourth-order valence-electron chi connectivity index (χ4n) is 5.02. The summed E-state index contributed by atoms with van der Waals surface area (Å²) in [6.45, 7) is 9.60. The van der Waals surface area contributed by atoms with Crippen LogP contribution in [-0.2, 0) is 9.47 Å². The van der Waals surface area contributed by atoms with E-state index in [-0.39, 0.29) is 22.0 Å².